The number of aryl methyl sites for hydroxylation is 2. The summed E-state index contributed by atoms with van der Waals surface area (Å²) in [5, 5.41) is 3.31. The van der Waals surface area contributed by atoms with E-state index >= 15 is 0 Å². The minimum atomic E-state index is 0.712. The summed E-state index contributed by atoms with van der Waals surface area (Å²) in [6, 6.07) is 0. The summed E-state index contributed by atoms with van der Waals surface area (Å²) < 4.78 is 10.7. The molecule has 0 atom stereocenters. The molecule has 0 aliphatic heterocycles. The average Bonchev–Trinajstić information content (AvgIpc) is 2.79. The third kappa shape index (κ3) is 6.77. The van der Waals surface area contributed by atoms with Crippen molar-refractivity contribution < 1.29 is 9.15 Å². The minimum absolute atomic E-state index is 0.712. The Morgan fingerprint density at radius 1 is 1.33 bits per heavy atom. The Morgan fingerprint density at radius 2 is 2.17 bits per heavy atom. The second kappa shape index (κ2) is 9.11. The van der Waals surface area contributed by atoms with Gasteiger partial charge in [-0.25, -0.2) is 4.98 Å². The molecule has 0 fully saturated rings. The van der Waals surface area contributed by atoms with E-state index in [1.165, 1.54) is 0 Å². The number of aromatic nitrogens is 1. The molecule has 0 saturated heterocycles. The Bertz CT molecular complexity index is 310. The third-order valence-electron chi connectivity index (χ3n) is 2.80. The largest absolute Gasteiger partial charge is 0.446 e. The number of ether oxygens (including phenoxy) is 1. The molecule has 1 aromatic heterocycles. The van der Waals surface area contributed by atoms with Crippen LogP contribution in [0.5, 0.6) is 0 Å². The molecule has 0 unspecified atom stereocenters. The van der Waals surface area contributed by atoms with E-state index in [-0.39, 0.29) is 0 Å². The van der Waals surface area contributed by atoms with Crippen LogP contribution in [-0.4, -0.2) is 31.8 Å². The number of hydrogen-bond acceptors (Lipinski definition) is 4. The van der Waals surface area contributed by atoms with E-state index in [4.69, 9.17) is 9.15 Å². The molecule has 1 aromatic rings. The standard InChI is InChI=1S/C14H26N2O2/c1-12(2)6-7-13-11-16-14(18-13)5-4-8-15-9-10-17-3/h11-12,15H,4-10H2,1-3H3. The molecule has 0 radical (unpaired) electrons. The molecule has 0 bridgehead atoms. The first-order valence-corrected chi connectivity index (χ1v) is 6.85. The van der Waals surface area contributed by atoms with Crippen LogP contribution in [0.1, 0.15) is 38.3 Å². The molecule has 0 spiro atoms. The molecule has 1 heterocycles. The second-order valence-corrected chi connectivity index (χ2v) is 5.00. The number of methoxy groups -OCH3 is 1. The van der Waals surface area contributed by atoms with Crippen molar-refractivity contribution in [2.24, 2.45) is 5.92 Å². The lowest BCUT2D eigenvalue weighted by molar-refractivity contribution is 0.199. The van der Waals surface area contributed by atoms with Crippen molar-refractivity contribution in [3.8, 4) is 0 Å². The van der Waals surface area contributed by atoms with Crippen molar-refractivity contribution in [3.05, 3.63) is 17.8 Å². The molecule has 4 heteroatoms. The highest BCUT2D eigenvalue weighted by molar-refractivity contribution is 4.94. The monoisotopic (exact) mass is 254 g/mol. The molecule has 18 heavy (non-hydrogen) atoms. The summed E-state index contributed by atoms with van der Waals surface area (Å²) in [6.45, 7) is 7.10. The molecule has 0 amide bonds. The molecule has 104 valence electrons. The molecular weight excluding hydrogens is 228 g/mol. The molecule has 1 rings (SSSR count). The van der Waals surface area contributed by atoms with Crippen LogP contribution in [0.4, 0.5) is 0 Å². The van der Waals surface area contributed by atoms with Crippen LogP contribution in [0, 0.1) is 5.92 Å². The van der Waals surface area contributed by atoms with Gasteiger partial charge < -0.3 is 14.5 Å². The first-order valence-electron chi connectivity index (χ1n) is 6.85. The zero-order chi connectivity index (χ0) is 13.2. The van der Waals surface area contributed by atoms with Gasteiger partial charge in [0.2, 0.25) is 0 Å². The van der Waals surface area contributed by atoms with Crippen LogP contribution in [-0.2, 0) is 17.6 Å². The number of oxazole rings is 1. The fourth-order valence-electron chi connectivity index (χ4n) is 1.67. The Hall–Kier alpha value is -0.870. The van der Waals surface area contributed by atoms with Gasteiger partial charge in [-0.05, 0) is 25.3 Å². The first kappa shape index (κ1) is 15.2. The lowest BCUT2D eigenvalue weighted by Crippen LogP contribution is -2.20. The molecular formula is C14H26N2O2. The van der Waals surface area contributed by atoms with Gasteiger partial charge in [-0.2, -0.15) is 0 Å². The minimum Gasteiger partial charge on any atom is -0.446 e. The van der Waals surface area contributed by atoms with Crippen molar-refractivity contribution in [2.75, 3.05) is 26.8 Å². The SMILES string of the molecule is COCCNCCCc1ncc(CCC(C)C)o1. The predicted molar refractivity (Wildman–Crippen MR) is 72.7 cm³/mol. The summed E-state index contributed by atoms with van der Waals surface area (Å²) >= 11 is 0. The number of rotatable bonds is 10. The molecule has 0 aromatic carbocycles. The first-order chi connectivity index (χ1) is 8.72. The predicted octanol–water partition coefficient (Wildman–Crippen LogP) is 2.43. The van der Waals surface area contributed by atoms with E-state index in [0.29, 0.717) is 5.92 Å². The van der Waals surface area contributed by atoms with Crippen molar-refractivity contribution in [3.63, 3.8) is 0 Å². The maximum Gasteiger partial charge on any atom is 0.194 e. The Morgan fingerprint density at radius 3 is 2.89 bits per heavy atom. The molecule has 0 saturated carbocycles. The van der Waals surface area contributed by atoms with Crippen LogP contribution < -0.4 is 5.32 Å². The van der Waals surface area contributed by atoms with Crippen LogP contribution in [0.25, 0.3) is 0 Å². The topological polar surface area (TPSA) is 47.3 Å². The summed E-state index contributed by atoms with van der Waals surface area (Å²) in [7, 11) is 1.72. The van der Waals surface area contributed by atoms with Gasteiger partial charge in [0, 0.05) is 26.5 Å². The lowest BCUT2D eigenvalue weighted by Gasteiger charge is -2.02. The van der Waals surface area contributed by atoms with Crippen LogP contribution in [0.2, 0.25) is 0 Å². The highest BCUT2D eigenvalue weighted by Gasteiger charge is 2.04. The van der Waals surface area contributed by atoms with Gasteiger partial charge in [0.1, 0.15) is 5.76 Å². The van der Waals surface area contributed by atoms with Crippen LogP contribution in [0.3, 0.4) is 0 Å². The van der Waals surface area contributed by atoms with E-state index in [0.717, 1.165) is 57.0 Å². The van der Waals surface area contributed by atoms with Gasteiger partial charge in [0.05, 0.1) is 12.8 Å². The molecule has 0 aliphatic rings. The van der Waals surface area contributed by atoms with Crippen molar-refractivity contribution in [2.45, 2.75) is 39.5 Å². The van der Waals surface area contributed by atoms with Crippen molar-refractivity contribution >= 4 is 0 Å². The number of hydrogen-bond donors (Lipinski definition) is 1. The zero-order valence-corrected chi connectivity index (χ0v) is 11.9. The quantitative estimate of drug-likeness (QED) is 0.651. The van der Waals surface area contributed by atoms with E-state index in [9.17, 15) is 0 Å². The number of nitrogens with zero attached hydrogens (tertiary/aromatic N) is 1. The Labute approximate surface area is 110 Å². The summed E-state index contributed by atoms with van der Waals surface area (Å²) in [5.74, 6) is 2.59. The summed E-state index contributed by atoms with van der Waals surface area (Å²) in [6.07, 6.45) is 5.98. The lowest BCUT2D eigenvalue weighted by atomic mass is 10.1. The van der Waals surface area contributed by atoms with Gasteiger partial charge in [-0.15, -0.1) is 0 Å². The fourth-order valence-corrected chi connectivity index (χ4v) is 1.67. The van der Waals surface area contributed by atoms with Gasteiger partial charge in [-0.1, -0.05) is 13.8 Å². The van der Waals surface area contributed by atoms with Crippen molar-refractivity contribution in [1.82, 2.24) is 10.3 Å². The molecule has 1 N–H and O–H groups in total. The second-order valence-electron chi connectivity index (χ2n) is 5.00. The molecule has 4 nitrogen and oxygen atoms in total. The van der Waals surface area contributed by atoms with Gasteiger partial charge >= 0.3 is 0 Å². The van der Waals surface area contributed by atoms with E-state index in [2.05, 4.69) is 24.1 Å². The van der Waals surface area contributed by atoms with E-state index < -0.39 is 0 Å². The van der Waals surface area contributed by atoms with E-state index in [1.54, 1.807) is 7.11 Å². The highest BCUT2D eigenvalue weighted by Crippen LogP contribution is 2.11. The normalized spacial score (nSPS) is 11.3. The van der Waals surface area contributed by atoms with E-state index in [1.807, 2.05) is 6.20 Å². The Kier molecular flexibility index (Phi) is 7.69. The molecule has 0 aliphatic carbocycles. The van der Waals surface area contributed by atoms with Gasteiger partial charge in [0.15, 0.2) is 5.89 Å². The number of nitrogens with one attached hydrogen (secondary N) is 1. The van der Waals surface area contributed by atoms with Gasteiger partial charge in [0.25, 0.3) is 0 Å². The zero-order valence-electron chi connectivity index (χ0n) is 11.9. The average molecular weight is 254 g/mol. The van der Waals surface area contributed by atoms with Crippen LogP contribution in [0.15, 0.2) is 10.6 Å². The maximum absolute atomic E-state index is 5.70. The van der Waals surface area contributed by atoms with Crippen LogP contribution >= 0.6 is 0 Å². The Balaban J connectivity index is 2.11. The van der Waals surface area contributed by atoms with Crippen molar-refractivity contribution in [1.29, 1.82) is 0 Å². The smallest absolute Gasteiger partial charge is 0.194 e. The van der Waals surface area contributed by atoms with Gasteiger partial charge in [-0.3, -0.25) is 0 Å². The maximum atomic E-state index is 5.70. The summed E-state index contributed by atoms with van der Waals surface area (Å²) in [4.78, 5) is 4.31. The third-order valence-corrected chi connectivity index (χ3v) is 2.80. The fraction of sp³-hybridized carbons (Fsp3) is 0.786. The summed E-state index contributed by atoms with van der Waals surface area (Å²) in [5.41, 5.74) is 0. The highest BCUT2D eigenvalue weighted by atomic mass is 16.5.